The number of nitrogen functional groups attached to an aromatic ring is 1. The Hall–Kier alpha value is -1.40. The third-order valence-electron chi connectivity index (χ3n) is 2.00. The Morgan fingerprint density at radius 3 is 2.82 bits per heavy atom. The van der Waals surface area contributed by atoms with E-state index in [0.717, 1.165) is 14.4 Å². The standard InChI is InChI=1S/C11H9BrN4S/c12-7-2-1-3-8(10(7)11(13)14)17-9-6-15-4-5-16-9/h1-6H,(H3,13,14). The number of nitrogens with one attached hydrogen (secondary N) is 1. The van der Waals surface area contributed by atoms with Gasteiger partial charge in [-0.25, -0.2) is 4.98 Å². The van der Waals surface area contributed by atoms with Gasteiger partial charge in [-0.15, -0.1) is 0 Å². The lowest BCUT2D eigenvalue weighted by Gasteiger charge is -2.08. The topological polar surface area (TPSA) is 75.7 Å². The first-order valence-electron chi connectivity index (χ1n) is 4.75. The lowest BCUT2D eigenvalue weighted by Crippen LogP contribution is -2.13. The maximum atomic E-state index is 7.58. The summed E-state index contributed by atoms with van der Waals surface area (Å²) in [7, 11) is 0. The number of aromatic nitrogens is 2. The minimum absolute atomic E-state index is 0.0314. The number of hydrogen-bond donors (Lipinski definition) is 2. The summed E-state index contributed by atoms with van der Waals surface area (Å²) in [4.78, 5) is 9.06. The summed E-state index contributed by atoms with van der Waals surface area (Å²) in [6.45, 7) is 0. The van der Waals surface area contributed by atoms with Gasteiger partial charge in [-0.2, -0.15) is 0 Å². The van der Waals surface area contributed by atoms with Crippen molar-refractivity contribution in [2.45, 2.75) is 9.92 Å². The fraction of sp³-hybridized carbons (Fsp3) is 0. The monoisotopic (exact) mass is 308 g/mol. The zero-order chi connectivity index (χ0) is 12.3. The quantitative estimate of drug-likeness (QED) is 0.675. The van der Waals surface area contributed by atoms with Crippen LogP contribution >= 0.6 is 27.7 Å². The van der Waals surface area contributed by atoms with Gasteiger partial charge < -0.3 is 5.73 Å². The molecule has 1 heterocycles. The number of rotatable bonds is 3. The van der Waals surface area contributed by atoms with E-state index >= 15 is 0 Å². The summed E-state index contributed by atoms with van der Waals surface area (Å²) in [5, 5.41) is 8.35. The molecule has 0 spiro atoms. The Labute approximate surface area is 111 Å². The van der Waals surface area contributed by atoms with E-state index in [9.17, 15) is 0 Å². The first kappa shape index (κ1) is 12.1. The second-order valence-electron chi connectivity index (χ2n) is 3.17. The van der Waals surface area contributed by atoms with Crippen LogP contribution in [0.4, 0.5) is 0 Å². The molecule has 0 aliphatic carbocycles. The van der Waals surface area contributed by atoms with Gasteiger partial charge >= 0.3 is 0 Å². The number of nitrogens with two attached hydrogens (primary N) is 1. The second-order valence-corrected chi connectivity index (χ2v) is 5.09. The molecule has 0 unspecified atom stereocenters. The molecule has 0 aliphatic heterocycles. The van der Waals surface area contributed by atoms with Crippen LogP contribution in [0, 0.1) is 5.41 Å². The maximum Gasteiger partial charge on any atom is 0.125 e. The molecule has 3 N–H and O–H groups in total. The summed E-state index contributed by atoms with van der Waals surface area (Å²) < 4.78 is 0.805. The van der Waals surface area contributed by atoms with Crippen molar-refractivity contribution >= 4 is 33.5 Å². The zero-order valence-corrected chi connectivity index (χ0v) is 11.1. The van der Waals surface area contributed by atoms with Crippen molar-refractivity contribution in [1.82, 2.24) is 9.97 Å². The molecule has 2 rings (SSSR count). The summed E-state index contributed by atoms with van der Waals surface area (Å²) in [5.74, 6) is 0.0314. The first-order chi connectivity index (χ1) is 8.18. The maximum absolute atomic E-state index is 7.58. The van der Waals surface area contributed by atoms with E-state index in [-0.39, 0.29) is 5.84 Å². The van der Waals surface area contributed by atoms with Gasteiger partial charge in [0.15, 0.2) is 0 Å². The number of halogens is 1. The van der Waals surface area contributed by atoms with E-state index in [4.69, 9.17) is 11.1 Å². The van der Waals surface area contributed by atoms with Crippen LogP contribution in [0.5, 0.6) is 0 Å². The molecular weight excluding hydrogens is 300 g/mol. The van der Waals surface area contributed by atoms with Crippen LogP contribution in [-0.4, -0.2) is 15.8 Å². The van der Waals surface area contributed by atoms with E-state index in [2.05, 4.69) is 25.9 Å². The molecule has 0 aliphatic rings. The number of benzene rings is 1. The summed E-state index contributed by atoms with van der Waals surface area (Å²) >= 11 is 4.82. The van der Waals surface area contributed by atoms with Gasteiger partial charge in [0.1, 0.15) is 10.9 Å². The second kappa shape index (κ2) is 5.29. The molecule has 0 saturated heterocycles. The Bertz CT molecular complexity index is 544. The summed E-state index contributed by atoms with van der Waals surface area (Å²) in [6.07, 6.45) is 4.93. The predicted octanol–water partition coefficient (Wildman–Crippen LogP) is 2.67. The van der Waals surface area contributed by atoms with E-state index in [1.54, 1.807) is 18.6 Å². The lowest BCUT2D eigenvalue weighted by atomic mass is 10.2. The van der Waals surface area contributed by atoms with Crippen molar-refractivity contribution in [2.75, 3.05) is 0 Å². The fourth-order valence-corrected chi connectivity index (χ4v) is 2.93. The average Bonchev–Trinajstić information content (AvgIpc) is 2.30. The van der Waals surface area contributed by atoms with Crippen molar-refractivity contribution in [1.29, 1.82) is 5.41 Å². The molecule has 1 aromatic carbocycles. The van der Waals surface area contributed by atoms with E-state index in [1.165, 1.54) is 11.8 Å². The van der Waals surface area contributed by atoms with Gasteiger partial charge in [0, 0.05) is 27.3 Å². The molecule has 2 aromatic rings. The van der Waals surface area contributed by atoms with Gasteiger partial charge in [-0.1, -0.05) is 17.8 Å². The highest BCUT2D eigenvalue weighted by Crippen LogP contribution is 2.32. The molecule has 17 heavy (non-hydrogen) atoms. The first-order valence-corrected chi connectivity index (χ1v) is 6.36. The van der Waals surface area contributed by atoms with Crippen molar-refractivity contribution < 1.29 is 0 Å². The molecule has 0 fully saturated rings. The molecule has 0 atom stereocenters. The van der Waals surface area contributed by atoms with Crippen molar-refractivity contribution in [3.05, 3.63) is 46.8 Å². The van der Waals surface area contributed by atoms with Gasteiger partial charge in [0.05, 0.1) is 6.20 Å². The van der Waals surface area contributed by atoms with Crippen LogP contribution in [0.25, 0.3) is 0 Å². The van der Waals surface area contributed by atoms with Crippen molar-refractivity contribution in [2.24, 2.45) is 5.73 Å². The molecular formula is C11H9BrN4S. The largest absolute Gasteiger partial charge is 0.384 e. The van der Waals surface area contributed by atoms with Gasteiger partial charge in [0.2, 0.25) is 0 Å². The zero-order valence-electron chi connectivity index (χ0n) is 8.72. The molecule has 86 valence electrons. The normalized spacial score (nSPS) is 10.2. The molecule has 6 heteroatoms. The number of hydrogen-bond acceptors (Lipinski definition) is 4. The highest BCUT2D eigenvalue weighted by atomic mass is 79.9. The van der Waals surface area contributed by atoms with Crippen LogP contribution in [0.15, 0.2) is 51.2 Å². The van der Waals surface area contributed by atoms with Gasteiger partial charge in [-0.3, -0.25) is 10.4 Å². The Morgan fingerprint density at radius 2 is 2.18 bits per heavy atom. The minimum Gasteiger partial charge on any atom is -0.384 e. The molecule has 1 aromatic heterocycles. The summed E-state index contributed by atoms with van der Waals surface area (Å²) in [5.41, 5.74) is 6.26. The molecule has 4 nitrogen and oxygen atoms in total. The highest BCUT2D eigenvalue weighted by molar-refractivity contribution is 9.10. The third kappa shape index (κ3) is 2.83. The van der Waals surface area contributed by atoms with Crippen LogP contribution in [-0.2, 0) is 0 Å². The lowest BCUT2D eigenvalue weighted by molar-refractivity contribution is 1.05. The highest BCUT2D eigenvalue weighted by Gasteiger charge is 2.11. The van der Waals surface area contributed by atoms with Crippen LogP contribution in [0.1, 0.15) is 5.56 Å². The fourth-order valence-electron chi connectivity index (χ4n) is 1.30. The molecule has 0 saturated carbocycles. The van der Waals surface area contributed by atoms with Crippen molar-refractivity contribution in [3.63, 3.8) is 0 Å². The predicted molar refractivity (Wildman–Crippen MR) is 71.3 cm³/mol. The minimum atomic E-state index is 0.0314. The summed E-state index contributed by atoms with van der Waals surface area (Å²) in [6, 6.07) is 5.66. The van der Waals surface area contributed by atoms with E-state index in [0.29, 0.717) is 5.56 Å². The Morgan fingerprint density at radius 1 is 1.35 bits per heavy atom. The smallest absolute Gasteiger partial charge is 0.125 e. The van der Waals surface area contributed by atoms with Crippen LogP contribution < -0.4 is 5.73 Å². The Balaban J connectivity index is 2.40. The molecule has 0 amide bonds. The number of nitrogens with zero attached hydrogens (tertiary/aromatic N) is 2. The molecule has 0 radical (unpaired) electrons. The van der Waals surface area contributed by atoms with E-state index in [1.807, 2.05) is 18.2 Å². The van der Waals surface area contributed by atoms with E-state index < -0.39 is 0 Å². The van der Waals surface area contributed by atoms with Crippen molar-refractivity contribution in [3.8, 4) is 0 Å². The SMILES string of the molecule is N=C(N)c1c(Br)cccc1Sc1cnccn1. The van der Waals surface area contributed by atoms with Crippen LogP contribution in [0.2, 0.25) is 0 Å². The van der Waals surface area contributed by atoms with Crippen LogP contribution in [0.3, 0.4) is 0 Å². The number of amidine groups is 1. The third-order valence-corrected chi connectivity index (χ3v) is 3.64. The van der Waals surface area contributed by atoms with Gasteiger partial charge in [-0.05, 0) is 28.1 Å². The van der Waals surface area contributed by atoms with Gasteiger partial charge in [0.25, 0.3) is 0 Å². The average molecular weight is 309 g/mol. The molecule has 0 bridgehead atoms. The Kier molecular flexibility index (Phi) is 3.75.